The molecular formula is C24H25N7O. The van der Waals surface area contributed by atoms with Crippen molar-refractivity contribution in [3.8, 4) is 11.1 Å². The zero-order valence-electron chi connectivity index (χ0n) is 18.0. The Balaban J connectivity index is 1.16. The van der Waals surface area contributed by atoms with Gasteiger partial charge in [0.05, 0.1) is 11.0 Å². The van der Waals surface area contributed by atoms with Crippen molar-refractivity contribution in [2.75, 3.05) is 18.4 Å². The fourth-order valence-electron chi connectivity index (χ4n) is 5.21. The Labute approximate surface area is 185 Å². The molecule has 8 heteroatoms. The first-order valence-corrected chi connectivity index (χ1v) is 11.2. The quantitative estimate of drug-likeness (QED) is 0.516. The third kappa shape index (κ3) is 3.26. The molecule has 3 aromatic heterocycles. The van der Waals surface area contributed by atoms with Crippen LogP contribution in [0.3, 0.4) is 0 Å². The number of hydrogen-bond acceptors (Lipinski definition) is 6. The van der Waals surface area contributed by atoms with Crippen molar-refractivity contribution >= 4 is 33.9 Å². The number of carbonyl (C=O) groups excluding carboxylic acids is 1. The van der Waals surface area contributed by atoms with Gasteiger partial charge in [-0.25, -0.2) is 4.98 Å². The molecule has 0 bridgehead atoms. The molecular weight excluding hydrogens is 402 g/mol. The maximum Gasteiger partial charge on any atom is 0.224 e. The van der Waals surface area contributed by atoms with Crippen LogP contribution in [-0.4, -0.2) is 54.9 Å². The molecule has 2 aliphatic rings. The fourth-order valence-corrected chi connectivity index (χ4v) is 5.21. The number of fused-ring (bicyclic) bond motifs is 2. The first-order valence-electron chi connectivity index (χ1n) is 11.2. The lowest BCUT2D eigenvalue weighted by atomic mass is 9.67. The number of likely N-dealkylation sites (tertiary alicyclic amines) is 1. The molecule has 162 valence electrons. The molecule has 1 aliphatic carbocycles. The second-order valence-corrected chi connectivity index (χ2v) is 9.21. The third-order valence-corrected chi connectivity index (χ3v) is 7.09. The number of H-pyrrole nitrogens is 1. The highest BCUT2D eigenvalue weighted by molar-refractivity contribution is 5.95. The summed E-state index contributed by atoms with van der Waals surface area (Å²) >= 11 is 0. The van der Waals surface area contributed by atoms with E-state index < -0.39 is 0 Å². The van der Waals surface area contributed by atoms with Crippen LogP contribution in [0, 0.1) is 5.41 Å². The molecule has 32 heavy (non-hydrogen) atoms. The van der Waals surface area contributed by atoms with Gasteiger partial charge in [0, 0.05) is 67.2 Å². The summed E-state index contributed by atoms with van der Waals surface area (Å²) in [7, 11) is 0. The predicted molar refractivity (Wildman–Crippen MR) is 123 cm³/mol. The van der Waals surface area contributed by atoms with E-state index >= 15 is 0 Å². The van der Waals surface area contributed by atoms with Crippen molar-refractivity contribution in [2.45, 2.75) is 38.6 Å². The van der Waals surface area contributed by atoms with E-state index in [9.17, 15) is 4.79 Å². The molecule has 4 aromatic rings. The molecule has 1 saturated heterocycles. The molecule has 8 nitrogen and oxygen atoms in total. The summed E-state index contributed by atoms with van der Waals surface area (Å²) in [5.74, 6) is 0.856. The van der Waals surface area contributed by atoms with Gasteiger partial charge in [-0.05, 0) is 43.4 Å². The van der Waals surface area contributed by atoms with Gasteiger partial charge in [0.25, 0.3) is 0 Å². The van der Waals surface area contributed by atoms with Crippen LogP contribution in [0.5, 0.6) is 0 Å². The zero-order valence-corrected chi connectivity index (χ0v) is 18.0. The Morgan fingerprint density at radius 1 is 1.12 bits per heavy atom. The molecule has 1 aliphatic heterocycles. The average molecular weight is 428 g/mol. The SMILES string of the molecule is CC(=O)N1CC2(CCC(Nc3ncc4c(-c5ccc6nccnc6c5)c[nH]c4n3)CC2)C1. The van der Waals surface area contributed by atoms with Crippen molar-refractivity contribution in [1.29, 1.82) is 0 Å². The summed E-state index contributed by atoms with van der Waals surface area (Å²) in [4.78, 5) is 34.8. The molecule has 1 saturated carbocycles. The standard InChI is InChI=1S/C24H25N7O/c1-15(32)31-13-24(14-31)6-4-17(5-7-24)29-23-28-12-19-18(11-27-22(19)30-23)16-2-3-20-21(10-16)26-9-8-25-20/h2-3,8-12,17H,4-7,13-14H2,1H3,(H2,27,28,29,30). The molecule has 1 amide bonds. The van der Waals surface area contributed by atoms with Gasteiger partial charge in [0.1, 0.15) is 5.65 Å². The third-order valence-electron chi connectivity index (χ3n) is 7.09. The lowest BCUT2D eigenvalue weighted by Gasteiger charge is -2.53. The number of aromatic amines is 1. The Morgan fingerprint density at radius 2 is 1.91 bits per heavy atom. The fraction of sp³-hybridized carbons (Fsp3) is 0.375. The van der Waals surface area contributed by atoms with Gasteiger partial charge < -0.3 is 15.2 Å². The van der Waals surface area contributed by atoms with Crippen LogP contribution < -0.4 is 5.32 Å². The summed E-state index contributed by atoms with van der Waals surface area (Å²) < 4.78 is 0. The van der Waals surface area contributed by atoms with Gasteiger partial charge >= 0.3 is 0 Å². The number of rotatable bonds is 3. The summed E-state index contributed by atoms with van der Waals surface area (Å²) in [5, 5.41) is 4.51. The average Bonchev–Trinajstić information content (AvgIpc) is 3.21. The van der Waals surface area contributed by atoms with Crippen LogP contribution in [0.25, 0.3) is 33.2 Å². The van der Waals surface area contributed by atoms with E-state index in [1.807, 2.05) is 29.4 Å². The van der Waals surface area contributed by atoms with Gasteiger partial charge in [0.15, 0.2) is 0 Å². The second kappa shape index (κ2) is 7.25. The highest BCUT2D eigenvalue weighted by Crippen LogP contribution is 2.44. The monoisotopic (exact) mass is 427 g/mol. The van der Waals surface area contributed by atoms with Crippen LogP contribution >= 0.6 is 0 Å². The Bertz CT molecular complexity index is 1310. The van der Waals surface area contributed by atoms with Gasteiger partial charge in [-0.2, -0.15) is 4.98 Å². The molecule has 0 atom stereocenters. The highest BCUT2D eigenvalue weighted by Gasteiger charge is 2.46. The molecule has 6 rings (SSSR count). The van der Waals surface area contributed by atoms with E-state index in [2.05, 4.69) is 31.3 Å². The minimum absolute atomic E-state index is 0.194. The topological polar surface area (TPSA) is 99.7 Å². The number of nitrogens with one attached hydrogen (secondary N) is 2. The summed E-state index contributed by atoms with van der Waals surface area (Å²) in [5.41, 5.74) is 5.02. The molecule has 2 fully saturated rings. The van der Waals surface area contributed by atoms with E-state index in [-0.39, 0.29) is 5.91 Å². The van der Waals surface area contributed by atoms with Crippen molar-refractivity contribution < 1.29 is 4.79 Å². The van der Waals surface area contributed by atoms with Crippen LogP contribution in [-0.2, 0) is 4.79 Å². The number of carbonyl (C=O) groups is 1. The summed E-state index contributed by atoms with van der Waals surface area (Å²) in [6, 6.07) is 6.46. The van der Waals surface area contributed by atoms with Crippen molar-refractivity contribution in [3.05, 3.63) is 43.0 Å². The van der Waals surface area contributed by atoms with Gasteiger partial charge in [-0.3, -0.25) is 14.8 Å². The molecule has 0 unspecified atom stereocenters. The number of anilines is 1. The summed E-state index contributed by atoms with van der Waals surface area (Å²) in [6.45, 7) is 3.50. The molecule has 4 heterocycles. The maximum atomic E-state index is 11.5. The van der Waals surface area contributed by atoms with Crippen LogP contribution in [0.4, 0.5) is 5.95 Å². The number of amides is 1. The summed E-state index contributed by atoms with van der Waals surface area (Å²) in [6.07, 6.45) is 11.7. The van der Waals surface area contributed by atoms with E-state index in [1.54, 1.807) is 19.3 Å². The smallest absolute Gasteiger partial charge is 0.224 e. The minimum atomic E-state index is 0.194. The molecule has 1 spiro atoms. The van der Waals surface area contributed by atoms with E-state index in [1.165, 1.54) is 0 Å². The number of nitrogens with zero attached hydrogens (tertiary/aromatic N) is 5. The van der Waals surface area contributed by atoms with Gasteiger partial charge in [-0.1, -0.05) is 6.07 Å². The second-order valence-electron chi connectivity index (χ2n) is 9.21. The normalized spacial score (nSPS) is 18.2. The Hall–Kier alpha value is -3.55. The van der Waals surface area contributed by atoms with Crippen LogP contribution in [0.1, 0.15) is 32.6 Å². The van der Waals surface area contributed by atoms with Gasteiger partial charge in [0.2, 0.25) is 11.9 Å². The lowest BCUT2D eigenvalue weighted by Crippen LogP contribution is -2.59. The van der Waals surface area contributed by atoms with E-state index in [0.29, 0.717) is 17.4 Å². The van der Waals surface area contributed by atoms with Crippen LogP contribution in [0.15, 0.2) is 43.0 Å². The molecule has 2 N–H and O–H groups in total. The van der Waals surface area contributed by atoms with Crippen molar-refractivity contribution in [1.82, 2.24) is 29.8 Å². The molecule has 1 aromatic carbocycles. The van der Waals surface area contributed by atoms with Gasteiger partial charge in [-0.15, -0.1) is 0 Å². The number of hydrogen-bond donors (Lipinski definition) is 2. The maximum absolute atomic E-state index is 11.5. The van der Waals surface area contributed by atoms with E-state index in [0.717, 1.165) is 72.0 Å². The first kappa shape index (κ1) is 19.2. The Morgan fingerprint density at radius 3 is 2.69 bits per heavy atom. The largest absolute Gasteiger partial charge is 0.351 e. The zero-order chi connectivity index (χ0) is 21.7. The predicted octanol–water partition coefficient (Wildman–Crippen LogP) is 3.77. The Kier molecular flexibility index (Phi) is 4.34. The highest BCUT2D eigenvalue weighted by atomic mass is 16.2. The van der Waals surface area contributed by atoms with E-state index in [4.69, 9.17) is 4.98 Å². The molecule has 0 radical (unpaired) electrons. The lowest BCUT2D eigenvalue weighted by molar-refractivity contribution is -0.143. The number of benzene rings is 1. The van der Waals surface area contributed by atoms with Crippen molar-refractivity contribution in [2.24, 2.45) is 5.41 Å². The van der Waals surface area contributed by atoms with Crippen LogP contribution in [0.2, 0.25) is 0 Å². The minimum Gasteiger partial charge on any atom is -0.351 e. The first-order chi connectivity index (χ1) is 15.6. The number of aromatic nitrogens is 5. The van der Waals surface area contributed by atoms with Crippen molar-refractivity contribution in [3.63, 3.8) is 0 Å².